The first kappa shape index (κ1) is 24.5. The molecule has 0 bridgehead atoms. The second-order valence-electron chi connectivity index (χ2n) is 7.26. The van der Waals surface area contributed by atoms with E-state index in [-0.39, 0.29) is 18.4 Å². The molecule has 1 rings (SSSR count). The highest BCUT2D eigenvalue weighted by molar-refractivity contribution is 6.38. The van der Waals surface area contributed by atoms with E-state index in [1.807, 2.05) is 51.1 Å². The third-order valence-electron chi connectivity index (χ3n) is 3.63. The van der Waals surface area contributed by atoms with Gasteiger partial charge in [-0.2, -0.15) is 0 Å². The number of hydrogen-bond donors (Lipinski definition) is 3. The van der Waals surface area contributed by atoms with Gasteiger partial charge in [0.25, 0.3) is 5.91 Å². The summed E-state index contributed by atoms with van der Waals surface area (Å²) < 4.78 is 5.02. The summed E-state index contributed by atoms with van der Waals surface area (Å²) in [5.74, 6) is -1.05. The number of methoxy groups -OCH3 is 1. The van der Waals surface area contributed by atoms with Crippen LogP contribution in [-0.2, 0) is 20.7 Å². The van der Waals surface area contributed by atoms with Crippen molar-refractivity contribution in [2.45, 2.75) is 51.2 Å². The largest absolute Gasteiger partial charge is 0.385 e. The Morgan fingerprint density at radius 2 is 1.81 bits per heavy atom. The number of hydrogen-bond acceptors (Lipinski definition) is 5. The number of benzene rings is 1. The fourth-order valence-corrected chi connectivity index (χ4v) is 2.33. The van der Waals surface area contributed by atoms with Gasteiger partial charge < -0.3 is 21.1 Å². The molecular formula is C19H32ClN3O3. The first-order chi connectivity index (χ1) is 11.7. The van der Waals surface area contributed by atoms with Gasteiger partial charge >= 0.3 is 0 Å². The van der Waals surface area contributed by atoms with Crippen molar-refractivity contribution in [1.82, 2.24) is 10.6 Å². The molecule has 1 aromatic carbocycles. The fourth-order valence-electron chi connectivity index (χ4n) is 2.33. The lowest BCUT2D eigenvalue weighted by atomic mass is 10.00. The molecule has 1 amide bonds. The van der Waals surface area contributed by atoms with Crippen LogP contribution < -0.4 is 16.4 Å². The average molecular weight is 386 g/mol. The van der Waals surface area contributed by atoms with E-state index in [9.17, 15) is 9.59 Å². The highest BCUT2D eigenvalue weighted by Crippen LogP contribution is 2.06. The van der Waals surface area contributed by atoms with Crippen LogP contribution in [0.5, 0.6) is 0 Å². The van der Waals surface area contributed by atoms with Crippen molar-refractivity contribution in [3.05, 3.63) is 35.9 Å². The van der Waals surface area contributed by atoms with Gasteiger partial charge in [-0.3, -0.25) is 9.59 Å². The number of Topliss-reactive ketones (excluding diaryl/α,β-unsaturated/α-hetero) is 1. The van der Waals surface area contributed by atoms with E-state index in [2.05, 4.69) is 10.6 Å². The number of rotatable bonds is 10. The smallest absolute Gasteiger partial charge is 0.289 e. The quantitative estimate of drug-likeness (QED) is 0.530. The Kier molecular flexibility index (Phi) is 11.3. The van der Waals surface area contributed by atoms with Crippen molar-refractivity contribution in [1.29, 1.82) is 0 Å². The van der Waals surface area contributed by atoms with E-state index in [1.165, 1.54) is 0 Å². The molecule has 0 aliphatic rings. The van der Waals surface area contributed by atoms with Gasteiger partial charge in [0.05, 0.1) is 6.04 Å². The zero-order valence-corrected chi connectivity index (χ0v) is 16.9. The lowest BCUT2D eigenvalue weighted by molar-refractivity contribution is -0.140. The third-order valence-corrected chi connectivity index (χ3v) is 3.63. The van der Waals surface area contributed by atoms with E-state index in [0.29, 0.717) is 26.0 Å². The summed E-state index contributed by atoms with van der Waals surface area (Å²) in [4.78, 5) is 24.9. The molecule has 0 heterocycles. The molecular weight excluding hydrogens is 354 g/mol. The van der Waals surface area contributed by atoms with Gasteiger partial charge in [-0.1, -0.05) is 30.3 Å². The van der Waals surface area contributed by atoms with Crippen molar-refractivity contribution in [3.8, 4) is 0 Å². The monoisotopic (exact) mass is 385 g/mol. The summed E-state index contributed by atoms with van der Waals surface area (Å²) in [6.45, 7) is 6.54. The number of carbonyl (C=O) groups is 2. The van der Waals surface area contributed by atoms with Crippen LogP contribution in [0.2, 0.25) is 0 Å². The van der Waals surface area contributed by atoms with Crippen LogP contribution in [0.15, 0.2) is 30.3 Å². The third kappa shape index (κ3) is 9.87. The van der Waals surface area contributed by atoms with Crippen LogP contribution in [-0.4, -0.2) is 49.6 Å². The van der Waals surface area contributed by atoms with Crippen LogP contribution in [0.3, 0.4) is 0 Å². The Bertz CT molecular complexity index is 547. The maximum absolute atomic E-state index is 12.6. The zero-order valence-electron chi connectivity index (χ0n) is 16.1. The molecule has 0 radical (unpaired) electrons. The summed E-state index contributed by atoms with van der Waals surface area (Å²) in [5, 5.41) is 5.88. The molecule has 0 fully saturated rings. The molecule has 0 aliphatic heterocycles. The van der Waals surface area contributed by atoms with E-state index >= 15 is 0 Å². The summed E-state index contributed by atoms with van der Waals surface area (Å²) in [7, 11) is 1.62. The number of halogens is 1. The highest BCUT2D eigenvalue weighted by atomic mass is 35.5. The molecule has 0 unspecified atom stereocenters. The number of ketones is 1. The minimum absolute atomic E-state index is 0. The zero-order chi connectivity index (χ0) is 18.9. The normalized spacial score (nSPS) is 13.4. The predicted octanol–water partition coefficient (Wildman–Crippen LogP) is 1.46. The minimum Gasteiger partial charge on any atom is -0.385 e. The van der Waals surface area contributed by atoms with E-state index in [4.69, 9.17) is 10.5 Å². The van der Waals surface area contributed by atoms with Crippen LogP contribution in [0.25, 0.3) is 0 Å². The Morgan fingerprint density at radius 3 is 2.35 bits per heavy atom. The summed E-state index contributed by atoms with van der Waals surface area (Å²) in [6.07, 6.45) is 1.12. The number of carbonyl (C=O) groups excluding carboxylic acids is 2. The fraction of sp³-hybridized carbons (Fsp3) is 0.579. The van der Waals surface area contributed by atoms with Crippen molar-refractivity contribution < 1.29 is 14.3 Å². The lowest BCUT2D eigenvalue weighted by Crippen LogP contribution is -2.53. The lowest BCUT2D eigenvalue weighted by Gasteiger charge is -2.24. The summed E-state index contributed by atoms with van der Waals surface area (Å²) in [6, 6.07) is 8.87. The number of nitrogens with one attached hydrogen (secondary N) is 2. The molecule has 0 aromatic heterocycles. The minimum atomic E-state index is -0.613. The van der Waals surface area contributed by atoms with Crippen LogP contribution in [0.1, 0.15) is 32.8 Å². The second-order valence-corrected chi connectivity index (χ2v) is 7.26. The predicted molar refractivity (Wildman–Crippen MR) is 107 cm³/mol. The average Bonchev–Trinajstić information content (AvgIpc) is 2.55. The van der Waals surface area contributed by atoms with E-state index < -0.39 is 23.3 Å². The van der Waals surface area contributed by atoms with Gasteiger partial charge in [0.15, 0.2) is 0 Å². The van der Waals surface area contributed by atoms with Gasteiger partial charge in [-0.05, 0) is 39.2 Å². The molecule has 7 heteroatoms. The van der Waals surface area contributed by atoms with Gasteiger partial charge in [-0.15, -0.1) is 12.4 Å². The first-order valence-corrected chi connectivity index (χ1v) is 8.61. The standard InChI is InChI=1S/C19H31N3O3.ClH/c1-19(2,3)22-18(24)17(23)16(12-14-8-6-5-7-9-14)21-13-15(20)10-11-25-4;/h5-9,15-16,21H,10-13,20H2,1-4H3,(H,22,24);1H/t15-,16-;/m0./s1. The Morgan fingerprint density at radius 1 is 1.19 bits per heavy atom. The molecule has 4 N–H and O–H groups in total. The molecule has 0 saturated heterocycles. The molecule has 26 heavy (non-hydrogen) atoms. The van der Waals surface area contributed by atoms with Gasteiger partial charge in [0, 0.05) is 31.8 Å². The maximum atomic E-state index is 12.6. The van der Waals surface area contributed by atoms with E-state index in [1.54, 1.807) is 7.11 Å². The van der Waals surface area contributed by atoms with Crippen molar-refractivity contribution in [2.75, 3.05) is 20.3 Å². The van der Waals surface area contributed by atoms with Crippen molar-refractivity contribution in [3.63, 3.8) is 0 Å². The van der Waals surface area contributed by atoms with Crippen LogP contribution in [0.4, 0.5) is 0 Å². The Hall–Kier alpha value is -1.47. The van der Waals surface area contributed by atoms with E-state index in [0.717, 1.165) is 5.56 Å². The Balaban J connectivity index is 0.00000625. The van der Waals surface area contributed by atoms with Crippen LogP contribution >= 0.6 is 12.4 Å². The summed E-state index contributed by atoms with van der Waals surface area (Å²) >= 11 is 0. The Labute approximate surface area is 162 Å². The molecule has 6 nitrogen and oxygen atoms in total. The topological polar surface area (TPSA) is 93.4 Å². The maximum Gasteiger partial charge on any atom is 0.289 e. The van der Waals surface area contributed by atoms with Crippen molar-refractivity contribution in [2.24, 2.45) is 5.73 Å². The molecule has 2 atom stereocenters. The summed E-state index contributed by atoms with van der Waals surface area (Å²) in [5.41, 5.74) is 6.55. The van der Waals surface area contributed by atoms with Crippen molar-refractivity contribution >= 4 is 24.1 Å². The molecule has 0 aliphatic carbocycles. The molecule has 0 saturated carbocycles. The first-order valence-electron chi connectivity index (χ1n) is 8.61. The molecule has 0 spiro atoms. The number of amides is 1. The second kappa shape index (κ2) is 12.0. The van der Waals surface area contributed by atoms with Crippen LogP contribution in [0, 0.1) is 0 Å². The number of ether oxygens (including phenoxy) is 1. The number of nitrogens with two attached hydrogens (primary N) is 1. The van der Waals surface area contributed by atoms with Gasteiger partial charge in [0.2, 0.25) is 5.78 Å². The molecule has 1 aromatic rings. The SMILES string of the molecule is COCC[C@H](N)CN[C@@H](Cc1ccccc1)C(=O)C(=O)NC(C)(C)C.Cl. The highest BCUT2D eigenvalue weighted by Gasteiger charge is 2.28. The van der Waals surface area contributed by atoms with Gasteiger partial charge in [0.1, 0.15) is 0 Å². The molecule has 148 valence electrons. The van der Waals surface area contributed by atoms with Gasteiger partial charge in [-0.25, -0.2) is 0 Å².